The third-order valence-electron chi connectivity index (χ3n) is 2.46. The van der Waals surface area contributed by atoms with E-state index in [4.69, 9.17) is 0 Å². The van der Waals surface area contributed by atoms with Crippen molar-refractivity contribution in [3.8, 4) is 0 Å². The zero-order valence-corrected chi connectivity index (χ0v) is 8.89. The molecule has 15 heavy (non-hydrogen) atoms. The van der Waals surface area contributed by atoms with Crippen molar-refractivity contribution in [1.82, 2.24) is 0 Å². The van der Waals surface area contributed by atoms with Crippen LogP contribution >= 0.6 is 0 Å². The minimum atomic E-state index is -0.648. The van der Waals surface area contributed by atoms with Gasteiger partial charge in [-0.2, -0.15) is 0 Å². The van der Waals surface area contributed by atoms with E-state index in [2.05, 4.69) is 0 Å². The second kappa shape index (κ2) is 5.01. The molecule has 0 radical (unpaired) electrons. The maximum atomic E-state index is 13.2. The fraction of sp³-hybridized carbons (Fsp3) is 0.417. The molecule has 1 unspecified atom stereocenters. The fourth-order valence-electron chi connectivity index (χ4n) is 1.28. The lowest BCUT2D eigenvalue weighted by Gasteiger charge is -2.07. The average Bonchev–Trinajstić information content (AvgIpc) is 2.21. The van der Waals surface area contributed by atoms with Gasteiger partial charge in [0.25, 0.3) is 0 Å². The lowest BCUT2D eigenvalue weighted by atomic mass is 9.97. The van der Waals surface area contributed by atoms with Crippen molar-refractivity contribution in [2.24, 2.45) is 5.92 Å². The fourth-order valence-corrected chi connectivity index (χ4v) is 1.28. The molecule has 0 saturated carbocycles. The predicted molar refractivity (Wildman–Crippen MR) is 54.8 cm³/mol. The van der Waals surface area contributed by atoms with E-state index >= 15 is 0 Å². The zero-order valence-electron chi connectivity index (χ0n) is 8.89. The highest BCUT2D eigenvalue weighted by molar-refractivity contribution is 5.96. The van der Waals surface area contributed by atoms with Crippen LogP contribution in [0.15, 0.2) is 18.2 Å². The number of hydrogen-bond acceptors (Lipinski definition) is 1. The van der Waals surface area contributed by atoms with Gasteiger partial charge >= 0.3 is 0 Å². The second-order valence-electron chi connectivity index (χ2n) is 3.76. The Kier molecular flexibility index (Phi) is 3.95. The highest BCUT2D eigenvalue weighted by atomic mass is 19.1. The Labute approximate surface area is 88.1 Å². The minimum absolute atomic E-state index is 0.143. The van der Waals surface area contributed by atoms with Gasteiger partial charge in [-0.1, -0.05) is 20.3 Å². The number of Topliss-reactive ketones (excluding diaryl/α,β-unsaturated/α-hetero) is 1. The molecule has 0 fully saturated rings. The maximum Gasteiger partial charge on any atom is 0.166 e. The topological polar surface area (TPSA) is 17.1 Å². The molecule has 1 aromatic rings. The second-order valence-corrected chi connectivity index (χ2v) is 3.76. The first-order valence-electron chi connectivity index (χ1n) is 5.02. The molecule has 0 bridgehead atoms. The number of halogens is 2. The Morgan fingerprint density at radius 3 is 2.67 bits per heavy atom. The predicted octanol–water partition coefficient (Wildman–Crippen LogP) is 3.58. The van der Waals surface area contributed by atoms with Crippen molar-refractivity contribution >= 4 is 5.78 Å². The smallest absolute Gasteiger partial charge is 0.166 e. The van der Waals surface area contributed by atoms with Crippen molar-refractivity contribution in [1.29, 1.82) is 0 Å². The number of rotatable bonds is 4. The van der Waals surface area contributed by atoms with Crippen LogP contribution in [0, 0.1) is 17.6 Å². The van der Waals surface area contributed by atoms with Gasteiger partial charge in [0, 0.05) is 6.42 Å². The van der Waals surface area contributed by atoms with Gasteiger partial charge in [0.15, 0.2) is 5.78 Å². The summed E-state index contributed by atoms with van der Waals surface area (Å²) in [5.41, 5.74) is -0.143. The normalized spacial score (nSPS) is 12.5. The number of carbonyl (C=O) groups is 1. The van der Waals surface area contributed by atoms with Gasteiger partial charge in [-0.05, 0) is 24.1 Å². The standard InChI is InChI=1S/C12H14F2O/c1-3-8(2)6-12(15)10-7-9(13)4-5-11(10)14/h4-5,7-8H,3,6H2,1-2H3. The largest absolute Gasteiger partial charge is 0.294 e. The third kappa shape index (κ3) is 3.11. The average molecular weight is 212 g/mol. The molecule has 0 aromatic heterocycles. The van der Waals surface area contributed by atoms with Crippen LogP contribution in [0.5, 0.6) is 0 Å². The molecule has 1 rings (SSSR count). The van der Waals surface area contributed by atoms with E-state index in [-0.39, 0.29) is 23.7 Å². The number of carbonyl (C=O) groups excluding carboxylic acids is 1. The van der Waals surface area contributed by atoms with Crippen LogP contribution < -0.4 is 0 Å². The Bertz CT molecular complexity index is 361. The molecule has 1 atom stereocenters. The highest BCUT2D eigenvalue weighted by Gasteiger charge is 2.14. The van der Waals surface area contributed by atoms with E-state index in [9.17, 15) is 13.6 Å². The van der Waals surface area contributed by atoms with Gasteiger partial charge in [0.2, 0.25) is 0 Å². The zero-order chi connectivity index (χ0) is 11.4. The van der Waals surface area contributed by atoms with Gasteiger partial charge in [0.1, 0.15) is 11.6 Å². The quantitative estimate of drug-likeness (QED) is 0.697. The molecule has 0 heterocycles. The molecule has 0 aliphatic heterocycles. The first-order valence-corrected chi connectivity index (χ1v) is 5.02. The van der Waals surface area contributed by atoms with Crippen LogP contribution in [-0.4, -0.2) is 5.78 Å². The lowest BCUT2D eigenvalue weighted by molar-refractivity contribution is 0.0959. The Morgan fingerprint density at radius 2 is 2.07 bits per heavy atom. The first kappa shape index (κ1) is 11.8. The summed E-state index contributed by atoms with van der Waals surface area (Å²) in [6, 6.07) is 2.95. The number of hydrogen-bond donors (Lipinski definition) is 0. The van der Waals surface area contributed by atoms with E-state index in [0.717, 1.165) is 24.6 Å². The van der Waals surface area contributed by atoms with Crippen molar-refractivity contribution < 1.29 is 13.6 Å². The molecular weight excluding hydrogens is 198 g/mol. The van der Waals surface area contributed by atoms with Crippen LogP contribution in [0.4, 0.5) is 8.78 Å². The van der Waals surface area contributed by atoms with Crippen molar-refractivity contribution in [2.45, 2.75) is 26.7 Å². The van der Waals surface area contributed by atoms with Gasteiger partial charge in [0.05, 0.1) is 5.56 Å². The third-order valence-corrected chi connectivity index (χ3v) is 2.46. The van der Waals surface area contributed by atoms with Crippen molar-refractivity contribution in [3.05, 3.63) is 35.4 Å². The van der Waals surface area contributed by atoms with Crippen LogP contribution in [0.3, 0.4) is 0 Å². The summed E-state index contributed by atoms with van der Waals surface area (Å²) in [5.74, 6) is -1.37. The summed E-state index contributed by atoms with van der Waals surface area (Å²) < 4.78 is 26.0. The molecule has 0 aliphatic rings. The molecule has 0 spiro atoms. The van der Waals surface area contributed by atoms with Gasteiger partial charge in [-0.3, -0.25) is 4.79 Å². The molecule has 0 saturated heterocycles. The Morgan fingerprint density at radius 1 is 1.40 bits per heavy atom. The molecule has 1 nitrogen and oxygen atoms in total. The summed E-state index contributed by atoms with van der Waals surface area (Å²) in [7, 11) is 0. The molecule has 0 amide bonds. The SMILES string of the molecule is CCC(C)CC(=O)c1cc(F)ccc1F. The monoisotopic (exact) mass is 212 g/mol. The van der Waals surface area contributed by atoms with Crippen LogP contribution in [-0.2, 0) is 0 Å². The summed E-state index contributed by atoms with van der Waals surface area (Å²) in [4.78, 5) is 11.6. The highest BCUT2D eigenvalue weighted by Crippen LogP contribution is 2.16. The summed E-state index contributed by atoms with van der Waals surface area (Å²) in [6.45, 7) is 3.87. The van der Waals surface area contributed by atoms with E-state index < -0.39 is 11.6 Å². The van der Waals surface area contributed by atoms with E-state index in [0.29, 0.717) is 0 Å². The molecule has 1 aromatic carbocycles. The molecule has 0 N–H and O–H groups in total. The van der Waals surface area contributed by atoms with Crippen molar-refractivity contribution in [3.63, 3.8) is 0 Å². The Hall–Kier alpha value is -1.25. The van der Waals surface area contributed by atoms with E-state index in [1.54, 1.807) is 0 Å². The van der Waals surface area contributed by atoms with Gasteiger partial charge < -0.3 is 0 Å². The van der Waals surface area contributed by atoms with Gasteiger partial charge in [-0.25, -0.2) is 8.78 Å². The van der Waals surface area contributed by atoms with Crippen molar-refractivity contribution in [2.75, 3.05) is 0 Å². The molecule has 0 aliphatic carbocycles. The summed E-state index contributed by atoms with van der Waals surface area (Å²) >= 11 is 0. The van der Waals surface area contributed by atoms with Gasteiger partial charge in [-0.15, -0.1) is 0 Å². The number of benzene rings is 1. The molecule has 3 heteroatoms. The molecular formula is C12H14F2O. The number of ketones is 1. The van der Waals surface area contributed by atoms with Crippen LogP contribution in [0.25, 0.3) is 0 Å². The van der Waals surface area contributed by atoms with Crippen LogP contribution in [0.1, 0.15) is 37.0 Å². The van der Waals surface area contributed by atoms with E-state index in [1.807, 2.05) is 13.8 Å². The molecule has 82 valence electrons. The first-order chi connectivity index (χ1) is 7.04. The summed E-state index contributed by atoms with van der Waals surface area (Å²) in [5, 5.41) is 0. The Balaban J connectivity index is 2.86. The lowest BCUT2D eigenvalue weighted by Crippen LogP contribution is -2.07. The maximum absolute atomic E-state index is 13.2. The van der Waals surface area contributed by atoms with E-state index in [1.165, 1.54) is 0 Å². The van der Waals surface area contributed by atoms with Crippen LogP contribution in [0.2, 0.25) is 0 Å². The minimum Gasteiger partial charge on any atom is -0.294 e. The summed E-state index contributed by atoms with van der Waals surface area (Å²) in [6.07, 6.45) is 1.11.